The third-order valence-electron chi connectivity index (χ3n) is 2.81. The van der Waals surface area contributed by atoms with Gasteiger partial charge in [0.05, 0.1) is 12.8 Å². The normalized spacial score (nSPS) is 39.7. The first-order chi connectivity index (χ1) is 8.10. The molecule has 0 spiro atoms. The van der Waals surface area contributed by atoms with Crippen LogP contribution in [0.1, 0.15) is 6.42 Å². The van der Waals surface area contributed by atoms with Crippen molar-refractivity contribution in [3.05, 3.63) is 0 Å². The quantitative estimate of drug-likeness (QED) is 0.202. The second-order valence-corrected chi connectivity index (χ2v) is 6.02. The maximum absolute atomic E-state index is 10.7. The van der Waals surface area contributed by atoms with Crippen LogP contribution in [0.4, 0.5) is 0 Å². The van der Waals surface area contributed by atoms with Crippen LogP contribution in [-0.4, -0.2) is 108 Å². The van der Waals surface area contributed by atoms with Gasteiger partial charge < -0.3 is 40.1 Å². The van der Waals surface area contributed by atoms with E-state index >= 15 is 0 Å². The van der Waals surface area contributed by atoms with E-state index in [0.29, 0.717) is 0 Å². The van der Waals surface area contributed by atoms with E-state index in [1.165, 1.54) is 0 Å². The van der Waals surface area contributed by atoms with Gasteiger partial charge in [0.2, 0.25) is 0 Å². The molecule has 0 amide bonds. The number of hydrogen-bond acceptors (Lipinski definition) is 7. The number of aliphatic hydroxyl groups excluding tert-OH is 4. The number of aliphatic hydroxyl groups is 5. The standard InChI is InChI=1S/C8H17O9P.Na.H/c9-3-4-5(10)6(11)7(12)8(13,17-4)1-2-18(14,15)16;;/h4-7,9-13H,1-3H2,(H2,14,15,16);;/t4-,5-,6+,7-,8-;;/m1../s1. The molecule has 0 bridgehead atoms. The molecule has 0 saturated carbocycles. The van der Waals surface area contributed by atoms with Crippen LogP contribution in [0.3, 0.4) is 0 Å². The summed E-state index contributed by atoms with van der Waals surface area (Å²) in [5.41, 5.74) is 0. The zero-order valence-corrected chi connectivity index (χ0v) is 10.2. The van der Waals surface area contributed by atoms with Crippen molar-refractivity contribution in [2.24, 2.45) is 0 Å². The Bertz CT molecular complexity index is 334. The molecule has 1 rings (SSSR count). The molecule has 5 atom stereocenters. The second kappa shape index (κ2) is 7.26. The molecular weight excluding hydrogens is 294 g/mol. The molecule has 0 aromatic rings. The van der Waals surface area contributed by atoms with Crippen molar-refractivity contribution in [2.45, 2.75) is 36.6 Å². The zero-order chi connectivity index (χ0) is 14.1. The first kappa shape index (κ1) is 19.9. The van der Waals surface area contributed by atoms with E-state index in [-0.39, 0.29) is 29.6 Å². The third kappa shape index (κ3) is 4.99. The molecule has 110 valence electrons. The van der Waals surface area contributed by atoms with Gasteiger partial charge in [0.25, 0.3) is 0 Å². The summed E-state index contributed by atoms with van der Waals surface area (Å²) >= 11 is 0. The van der Waals surface area contributed by atoms with Gasteiger partial charge in [-0.1, -0.05) is 0 Å². The van der Waals surface area contributed by atoms with Crippen molar-refractivity contribution < 1.29 is 44.6 Å². The van der Waals surface area contributed by atoms with Crippen LogP contribution in [0.5, 0.6) is 0 Å². The van der Waals surface area contributed by atoms with Crippen molar-refractivity contribution in [1.29, 1.82) is 0 Å². The van der Waals surface area contributed by atoms with Gasteiger partial charge >= 0.3 is 37.2 Å². The van der Waals surface area contributed by atoms with Gasteiger partial charge in [-0.25, -0.2) is 0 Å². The molecule has 0 radical (unpaired) electrons. The fraction of sp³-hybridized carbons (Fsp3) is 1.00. The van der Waals surface area contributed by atoms with Gasteiger partial charge in [-0.15, -0.1) is 0 Å². The Hall–Kier alpha value is 0.910. The van der Waals surface area contributed by atoms with E-state index < -0.39 is 57.0 Å². The van der Waals surface area contributed by atoms with Crippen LogP contribution in [0.25, 0.3) is 0 Å². The molecule has 1 aliphatic heterocycles. The Morgan fingerprint density at radius 1 is 1.16 bits per heavy atom. The van der Waals surface area contributed by atoms with Gasteiger partial charge in [-0.2, -0.15) is 0 Å². The molecule has 19 heavy (non-hydrogen) atoms. The third-order valence-corrected chi connectivity index (χ3v) is 3.62. The minimum absolute atomic E-state index is 0. The first-order valence-electron chi connectivity index (χ1n) is 5.20. The van der Waals surface area contributed by atoms with Gasteiger partial charge in [-0.3, -0.25) is 4.57 Å². The van der Waals surface area contributed by atoms with E-state index in [1.807, 2.05) is 0 Å². The van der Waals surface area contributed by atoms with Crippen LogP contribution in [-0.2, 0) is 9.30 Å². The van der Waals surface area contributed by atoms with Crippen LogP contribution in [0.15, 0.2) is 0 Å². The molecule has 0 aliphatic carbocycles. The van der Waals surface area contributed by atoms with Gasteiger partial charge in [-0.05, 0) is 0 Å². The van der Waals surface area contributed by atoms with Crippen molar-refractivity contribution >= 4 is 37.2 Å². The predicted octanol–water partition coefficient (Wildman–Crippen LogP) is -3.93. The van der Waals surface area contributed by atoms with Gasteiger partial charge in [0, 0.05) is 6.42 Å². The van der Waals surface area contributed by atoms with Crippen molar-refractivity contribution in [2.75, 3.05) is 12.8 Å². The molecule has 11 heteroatoms. The van der Waals surface area contributed by atoms with Crippen molar-refractivity contribution in [1.82, 2.24) is 0 Å². The molecule has 1 heterocycles. The minimum atomic E-state index is -4.42. The molecule has 1 saturated heterocycles. The molecule has 9 nitrogen and oxygen atoms in total. The summed E-state index contributed by atoms with van der Waals surface area (Å²) < 4.78 is 15.5. The molecular formula is C8H18NaO9P. The Labute approximate surface area is 131 Å². The number of rotatable bonds is 4. The fourth-order valence-electron chi connectivity index (χ4n) is 1.73. The zero-order valence-electron chi connectivity index (χ0n) is 9.32. The molecule has 0 aromatic heterocycles. The SMILES string of the molecule is O=P(O)(O)CC[C@@]1(O)O[C@H](CO)[C@@H](O)[C@H](O)[C@H]1O.[NaH]. The van der Waals surface area contributed by atoms with Gasteiger partial charge in [0.1, 0.15) is 24.4 Å². The predicted molar refractivity (Wildman–Crippen MR) is 63.6 cm³/mol. The first-order valence-corrected chi connectivity index (χ1v) is 7.00. The average molecular weight is 312 g/mol. The summed E-state index contributed by atoms with van der Waals surface area (Å²) in [7, 11) is -4.42. The van der Waals surface area contributed by atoms with Crippen molar-refractivity contribution in [3.8, 4) is 0 Å². The van der Waals surface area contributed by atoms with Crippen LogP contribution >= 0.6 is 7.60 Å². The Morgan fingerprint density at radius 3 is 2.11 bits per heavy atom. The Kier molecular flexibility index (Phi) is 7.61. The number of hydrogen-bond donors (Lipinski definition) is 7. The van der Waals surface area contributed by atoms with Crippen LogP contribution in [0, 0.1) is 0 Å². The van der Waals surface area contributed by atoms with Crippen LogP contribution in [0.2, 0.25) is 0 Å². The molecule has 1 fully saturated rings. The monoisotopic (exact) mass is 312 g/mol. The Morgan fingerprint density at radius 2 is 1.68 bits per heavy atom. The molecule has 0 aromatic carbocycles. The average Bonchev–Trinajstić information content (AvgIpc) is 2.28. The van der Waals surface area contributed by atoms with E-state index in [0.717, 1.165) is 0 Å². The van der Waals surface area contributed by atoms with Crippen molar-refractivity contribution in [3.63, 3.8) is 0 Å². The second-order valence-electron chi connectivity index (χ2n) is 4.25. The molecule has 7 N–H and O–H groups in total. The summed E-state index contributed by atoms with van der Waals surface area (Å²) in [6, 6.07) is 0. The van der Waals surface area contributed by atoms with E-state index in [9.17, 15) is 25.0 Å². The van der Waals surface area contributed by atoms with Crippen LogP contribution < -0.4 is 0 Å². The topological polar surface area (TPSA) is 168 Å². The summed E-state index contributed by atoms with van der Waals surface area (Å²) in [6.07, 6.45) is -8.13. The molecule has 0 unspecified atom stereocenters. The summed E-state index contributed by atoms with van der Waals surface area (Å²) in [5.74, 6) is -2.44. The number of ether oxygens (including phenoxy) is 1. The maximum atomic E-state index is 10.7. The van der Waals surface area contributed by atoms with E-state index in [1.54, 1.807) is 0 Å². The fourth-order valence-corrected chi connectivity index (χ4v) is 2.34. The Balaban J connectivity index is 0.00000324. The summed E-state index contributed by atoms with van der Waals surface area (Å²) in [6.45, 7) is -0.733. The van der Waals surface area contributed by atoms with E-state index in [4.69, 9.17) is 19.6 Å². The molecule has 1 aliphatic rings. The summed E-state index contributed by atoms with van der Waals surface area (Å²) in [4.78, 5) is 17.4. The van der Waals surface area contributed by atoms with E-state index in [2.05, 4.69) is 0 Å². The summed E-state index contributed by atoms with van der Waals surface area (Å²) in [5, 5.41) is 47.2. The van der Waals surface area contributed by atoms with Gasteiger partial charge in [0.15, 0.2) is 5.79 Å².